The van der Waals surface area contributed by atoms with Crippen LogP contribution in [0.5, 0.6) is 0 Å². The fourth-order valence-electron chi connectivity index (χ4n) is 1.40. The molecule has 0 aliphatic carbocycles. The molecule has 1 aromatic rings. The van der Waals surface area contributed by atoms with E-state index in [9.17, 15) is 9.18 Å². The van der Waals surface area contributed by atoms with Crippen molar-refractivity contribution in [3.8, 4) is 0 Å². The normalized spacial score (nSPS) is 12.3. The zero-order valence-electron chi connectivity index (χ0n) is 12.2. The van der Waals surface area contributed by atoms with E-state index < -0.39 is 5.41 Å². The number of amides is 1. The molecule has 0 aromatic heterocycles. The molecule has 0 radical (unpaired) electrons. The molecule has 4 heteroatoms. The molecule has 0 heterocycles. The van der Waals surface area contributed by atoms with Gasteiger partial charge in [0, 0.05) is 16.2 Å². The SMILES string of the molecule is CC(C)(C)NC(=O)C(C)(C)CSc1ccccc1F. The minimum Gasteiger partial charge on any atom is -0.351 e. The first-order valence-electron chi connectivity index (χ1n) is 6.32. The Hall–Kier alpha value is -1.03. The highest BCUT2D eigenvalue weighted by atomic mass is 32.2. The predicted molar refractivity (Wildman–Crippen MR) is 78.8 cm³/mol. The molecule has 2 nitrogen and oxygen atoms in total. The summed E-state index contributed by atoms with van der Waals surface area (Å²) in [5, 5.41) is 2.96. The van der Waals surface area contributed by atoms with Crippen LogP contribution in [-0.2, 0) is 4.79 Å². The van der Waals surface area contributed by atoms with Gasteiger partial charge < -0.3 is 5.32 Å². The zero-order valence-corrected chi connectivity index (χ0v) is 13.0. The summed E-state index contributed by atoms with van der Waals surface area (Å²) in [7, 11) is 0. The van der Waals surface area contributed by atoms with Gasteiger partial charge in [0.05, 0.1) is 5.41 Å². The fraction of sp³-hybridized carbons (Fsp3) is 0.533. The highest BCUT2D eigenvalue weighted by Gasteiger charge is 2.30. The average molecular weight is 283 g/mol. The van der Waals surface area contributed by atoms with Crippen molar-refractivity contribution in [1.29, 1.82) is 0 Å². The number of nitrogens with one attached hydrogen (secondary N) is 1. The molecule has 1 rings (SSSR count). The molecule has 19 heavy (non-hydrogen) atoms. The Morgan fingerprint density at radius 2 is 1.79 bits per heavy atom. The molecule has 0 aliphatic rings. The molecule has 0 aliphatic heterocycles. The van der Waals surface area contributed by atoms with Crippen LogP contribution in [0, 0.1) is 11.2 Å². The van der Waals surface area contributed by atoms with Crippen molar-refractivity contribution in [3.63, 3.8) is 0 Å². The summed E-state index contributed by atoms with van der Waals surface area (Å²) in [6.45, 7) is 9.60. The van der Waals surface area contributed by atoms with Gasteiger partial charge in [-0.3, -0.25) is 4.79 Å². The van der Waals surface area contributed by atoms with Crippen molar-refractivity contribution in [3.05, 3.63) is 30.1 Å². The molecular weight excluding hydrogens is 261 g/mol. The zero-order chi connectivity index (χ0) is 14.7. The van der Waals surface area contributed by atoms with E-state index in [1.54, 1.807) is 18.2 Å². The van der Waals surface area contributed by atoms with Crippen LogP contribution >= 0.6 is 11.8 Å². The molecule has 1 amide bonds. The molecule has 1 aromatic carbocycles. The molecule has 106 valence electrons. The van der Waals surface area contributed by atoms with Gasteiger partial charge in [-0.1, -0.05) is 26.0 Å². The van der Waals surface area contributed by atoms with Crippen LogP contribution in [-0.4, -0.2) is 17.2 Å². The molecule has 0 atom stereocenters. The number of thioether (sulfide) groups is 1. The Bertz CT molecular complexity index is 452. The van der Waals surface area contributed by atoms with Gasteiger partial charge in [0.15, 0.2) is 0 Å². The summed E-state index contributed by atoms with van der Waals surface area (Å²) in [6.07, 6.45) is 0. The van der Waals surface area contributed by atoms with E-state index >= 15 is 0 Å². The van der Waals surface area contributed by atoms with E-state index in [2.05, 4.69) is 5.32 Å². The lowest BCUT2D eigenvalue weighted by atomic mass is 9.93. The third kappa shape index (κ3) is 5.23. The summed E-state index contributed by atoms with van der Waals surface area (Å²) in [5.74, 6) is 0.291. The lowest BCUT2D eigenvalue weighted by molar-refractivity contribution is -0.129. The van der Waals surface area contributed by atoms with E-state index in [-0.39, 0.29) is 17.3 Å². The summed E-state index contributed by atoms with van der Waals surface area (Å²) in [4.78, 5) is 12.8. The monoisotopic (exact) mass is 283 g/mol. The fourth-order valence-corrected chi connectivity index (χ4v) is 2.42. The van der Waals surface area contributed by atoms with Crippen LogP contribution in [0.4, 0.5) is 4.39 Å². The highest BCUT2D eigenvalue weighted by molar-refractivity contribution is 7.99. The summed E-state index contributed by atoms with van der Waals surface area (Å²) < 4.78 is 13.5. The number of hydrogen-bond donors (Lipinski definition) is 1. The Labute approximate surface area is 119 Å². The van der Waals surface area contributed by atoms with Crippen molar-refractivity contribution in [2.75, 3.05) is 5.75 Å². The predicted octanol–water partition coefficient (Wildman–Crippen LogP) is 3.86. The van der Waals surface area contributed by atoms with Gasteiger partial charge in [-0.2, -0.15) is 0 Å². The maximum Gasteiger partial charge on any atom is 0.226 e. The number of carbonyl (C=O) groups excluding carboxylic acids is 1. The van der Waals surface area contributed by atoms with E-state index in [4.69, 9.17) is 0 Å². The van der Waals surface area contributed by atoms with Gasteiger partial charge in [0.1, 0.15) is 5.82 Å². The minimum atomic E-state index is -0.541. The number of halogens is 1. The first kappa shape index (κ1) is 16.0. The Kier molecular flexibility index (Phi) is 5.02. The quantitative estimate of drug-likeness (QED) is 0.850. The van der Waals surface area contributed by atoms with Crippen LogP contribution < -0.4 is 5.32 Å². The largest absolute Gasteiger partial charge is 0.351 e. The van der Waals surface area contributed by atoms with E-state index in [1.165, 1.54) is 17.8 Å². The molecule has 0 spiro atoms. The van der Waals surface area contributed by atoms with E-state index in [0.717, 1.165) is 0 Å². The van der Waals surface area contributed by atoms with Crippen LogP contribution in [0.2, 0.25) is 0 Å². The van der Waals surface area contributed by atoms with Gasteiger partial charge in [-0.15, -0.1) is 11.8 Å². The van der Waals surface area contributed by atoms with Crippen LogP contribution in [0.15, 0.2) is 29.2 Å². The van der Waals surface area contributed by atoms with Crippen molar-refractivity contribution in [1.82, 2.24) is 5.32 Å². The number of benzene rings is 1. The molecular formula is C15H22FNOS. The molecule has 0 bridgehead atoms. The maximum atomic E-state index is 13.5. The first-order valence-corrected chi connectivity index (χ1v) is 7.30. The Morgan fingerprint density at radius 3 is 2.32 bits per heavy atom. The van der Waals surface area contributed by atoms with Crippen LogP contribution in [0.25, 0.3) is 0 Å². The molecule has 1 N–H and O–H groups in total. The second kappa shape index (κ2) is 5.95. The topological polar surface area (TPSA) is 29.1 Å². The number of hydrogen-bond acceptors (Lipinski definition) is 2. The van der Waals surface area contributed by atoms with Gasteiger partial charge >= 0.3 is 0 Å². The lowest BCUT2D eigenvalue weighted by Crippen LogP contribution is -2.47. The number of carbonyl (C=O) groups is 1. The molecule has 0 saturated heterocycles. The van der Waals surface area contributed by atoms with Crippen molar-refractivity contribution in [2.24, 2.45) is 5.41 Å². The van der Waals surface area contributed by atoms with Gasteiger partial charge in [-0.05, 0) is 32.9 Å². The Balaban J connectivity index is 2.65. The molecule has 0 unspecified atom stereocenters. The van der Waals surface area contributed by atoms with Crippen LogP contribution in [0.1, 0.15) is 34.6 Å². The molecule has 0 saturated carbocycles. The summed E-state index contributed by atoms with van der Waals surface area (Å²) in [5.41, 5.74) is -0.794. The van der Waals surface area contributed by atoms with Gasteiger partial charge in [0.25, 0.3) is 0 Å². The highest BCUT2D eigenvalue weighted by Crippen LogP contribution is 2.29. The van der Waals surface area contributed by atoms with Gasteiger partial charge in [-0.25, -0.2) is 4.39 Å². The lowest BCUT2D eigenvalue weighted by Gasteiger charge is -2.29. The smallest absolute Gasteiger partial charge is 0.226 e. The maximum absolute atomic E-state index is 13.5. The summed E-state index contributed by atoms with van der Waals surface area (Å²) in [6, 6.07) is 6.63. The second-order valence-electron chi connectivity index (χ2n) is 6.31. The van der Waals surface area contributed by atoms with Gasteiger partial charge in [0.2, 0.25) is 5.91 Å². The minimum absolute atomic E-state index is 0.0103. The molecule has 0 fully saturated rings. The van der Waals surface area contributed by atoms with Crippen molar-refractivity contribution < 1.29 is 9.18 Å². The third-order valence-electron chi connectivity index (χ3n) is 2.53. The van der Waals surface area contributed by atoms with Crippen LogP contribution in [0.3, 0.4) is 0 Å². The third-order valence-corrected chi connectivity index (χ3v) is 4.04. The standard InChI is InChI=1S/C15H22FNOS/c1-14(2,3)17-13(18)15(4,5)10-19-12-9-7-6-8-11(12)16/h6-9H,10H2,1-5H3,(H,17,18). The Morgan fingerprint density at radius 1 is 1.21 bits per heavy atom. The average Bonchev–Trinajstić information content (AvgIpc) is 2.25. The van der Waals surface area contributed by atoms with E-state index in [0.29, 0.717) is 10.6 Å². The first-order chi connectivity index (χ1) is 8.62. The van der Waals surface area contributed by atoms with E-state index in [1.807, 2.05) is 34.6 Å². The summed E-state index contributed by atoms with van der Waals surface area (Å²) >= 11 is 1.37. The number of rotatable bonds is 4. The second-order valence-corrected chi connectivity index (χ2v) is 7.32. The van der Waals surface area contributed by atoms with Crippen molar-refractivity contribution >= 4 is 17.7 Å². The van der Waals surface area contributed by atoms with Crippen molar-refractivity contribution in [2.45, 2.75) is 45.1 Å².